The summed E-state index contributed by atoms with van der Waals surface area (Å²) in [5, 5.41) is 11.2. The van der Waals surface area contributed by atoms with Crippen LogP contribution in [0.5, 0.6) is 5.88 Å². The Labute approximate surface area is 112 Å². The minimum Gasteiger partial charge on any atom is -0.478 e. The van der Waals surface area contributed by atoms with Crippen molar-refractivity contribution in [1.29, 1.82) is 0 Å². The van der Waals surface area contributed by atoms with Gasteiger partial charge in [-0.1, -0.05) is 0 Å². The summed E-state index contributed by atoms with van der Waals surface area (Å²) in [7, 11) is 0. The highest BCUT2D eigenvalue weighted by atomic mass is 16.5. The van der Waals surface area contributed by atoms with Crippen molar-refractivity contribution in [2.75, 3.05) is 11.9 Å². The van der Waals surface area contributed by atoms with Gasteiger partial charge >= 0.3 is 0 Å². The van der Waals surface area contributed by atoms with Crippen molar-refractivity contribution in [3.05, 3.63) is 24.0 Å². The minimum absolute atomic E-state index is 0.565. The van der Waals surface area contributed by atoms with Gasteiger partial charge in [0.05, 0.1) is 13.2 Å². The Morgan fingerprint density at radius 1 is 1.32 bits per heavy atom. The molecule has 0 spiro atoms. The molecule has 0 fully saturated rings. The Morgan fingerprint density at radius 3 is 2.89 bits per heavy atom. The van der Waals surface area contributed by atoms with Crippen molar-refractivity contribution in [2.24, 2.45) is 0 Å². The van der Waals surface area contributed by atoms with E-state index in [4.69, 9.17) is 4.74 Å². The van der Waals surface area contributed by atoms with Crippen LogP contribution in [0.3, 0.4) is 0 Å². The van der Waals surface area contributed by atoms with Crippen LogP contribution in [0.4, 0.5) is 5.82 Å². The molecule has 1 N–H and O–H groups in total. The molecular weight excluding hydrogens is 244 g/mol. The summed E-state index contributed by atoms with van der Waals surface area (Å²) in [6.07, 6.45) is 1.72. The molecule has 0 unspecified atom stereocenters. The normalized spacial score (nSPS) is 10.5. The lowest BCUT2D eigenvalue weighted by Crippen LogP contribution is -2.09. The standard InChI is InChI=1S/C12H18N6O/c1-4-18-8-14-17-11(18)7-13-10-6-12(19-5-2)16-9(3)15-10/h6,8H,4-5,7H2,1-3H3,(H,13,15,16). The number of aryl methyl sites for hydroxylation is 2. The average molecular weight is 262 g/mol. The maximum atomic E-state index is 5.38. The third-order valence-electron chi connectivity index (χ3n) is 2.57. The number of nitrogens with one attached hydrogen (secondary N) is 1. The van der Waals surface area contributed by atoms with E-state index in [0.29, 0.717) is 24.9 Å². The van der Waals surface area contributed by atoms with Crippen LogP contribution < -0.4 is 10.1 Å². The van der Waals surface area contributed by atoms with E-state index in [1.54, 1.807) is 12.4 Å². The molecule has 0 bridgehead atoms. The number of ether oxygens (including phenoxy) is 1. The van der Waals surface area contributed by atoms with Crippen molar-refractivity contribution >= 4 is 5.82 Å². The summed E-state index contributed by atoms with van der Waals surface area (Å²) in [6, 6.07) is 1.78. The van der Waals surface area contributed by atoms with E-state index in [1.807, 2.05) is 18.4 Å². The molecule has 0 radical (unpaired) electrons. The predicted molar refractivity (Wildman–Crippen MR) is 71.0 cm³/mol. The van der Waals surface area contributed by atoms with Crippen LogP contribution in [0, 0.1) is 6.92 Å². The van der Waals surface area contributed by atoms with E-state index in [9.17, 15) is 0 Å². The summed E-state index contributed by atoms with van der Waals surface area (Å²) in [5.41, 5.74) is 0. The van der Waals surface area contributed by atoms with Gasteiger partial charge in [0.15, 0.2) is 5.82 Å². The molecule has 0 atom stereocenters. The molecule has 2 heterocycles. The van der Waals surface area contributed by atoms with Gasteiger partial charge in [0.1, 0.15) is 18.0 Å². The van der Waals surface area contributed by atoms with Gasteiger partial charge < -0.3 is 14.6 Å². The zero-order valence-electron chi connectivity index (χ0n) is 11.4. The Hall–Kier alpha value is -2.18. The summed E-state index contributed by atoms with van der Waals surface area (Å²) in [5.74, 6) is 2.85. The first-order valence-corrected chi connectivity index (χ1v) is 6.32. The van der Waals surface area contributed by atoms with Gasteiger partial charge in [0, 0.05) is 12.6 Å². The van der Waals surface area contributed by atoms with Crippen molar-refractivity contribution < 1.29 is 4.74 Å². The Morgan fingerprint density at radius 2 is 2.16 bits per heavy atom. The van der Waals surface area contributed by atoms with Crippen molar-refractivity contribution in [3.63, 3.8) is 0 Å². The van der Waals surface area contributed by atoms with E-state index in [-0.39, 0.29) is 0 Å². The molecule has 2 aromatic rings. The van der Waals surface area contributed by atoms with Gasteiger partial charge in [0.2, 0.25) is 5.88 Å². The van der Waals surface area contributed by atoms with E-state index in [0.717, 1.165) is 18.2 Å². The van der Waals surface area contributed by atoms with Crippen LogP contribution in [0.1, 0.15) is 25.5 Å². The third-order valence-corrected chi connectivity index (χ3v) is 2.57. The SMILES string of the molecule is CCOc1cc(NCc2nncn2CC)nc(C)n1. The van der Waals surface area contributed by atoms with Gasteiger partial charge in [-0.2, -0.15) is 4.98 Å². The van der Waals surface area contributed by atoms with Gasteiger partial charge in [-0.3, -0.25) is 0 Å². The fraction of sp³-hybridized carbons (Fsp3) is 0.500. The first-order valence-electron chi connectivity index (χ1n) is 6.32. The van der Waals surface area contributed by atoms with E-state index >= 15 is 0 Å². The topological polar surface area (TPSA) is 77.8 Å². The lowest BCUT2D eigenvalue weighted by molar-refractivity contribution is 0.325. The number of hydrogen-bond acceptors (Lipinski definition) is 6. The lowest BCUT2D eigenvalue weighted by atomic mass is 10.4. The second kappa shape index (κ2) is 6.12. The highest BCUT2D eigenvalue weighted by Crippen LogP contribution is 2.13. The van der Waals surface area contributed by atoms with Crippen molar-refractivity contribution in [2.45, 2.75) is 33.9 Å². The predicted octanol–water partition coefficient (Wildman–Crippen LogP) is 1.41. The zero-order chi connectivity index (χ0) is 13.7. The Balaban J connectivity index is 2.06. The van der Waals surface area contributed by atoms with Gasteiger partial charge in [-0.25, -0.2) is 4.98 Å². The maximum Gasteiger partial charge on any atom is 0.218 e. The molecule has 2 aromatic heterocycles. The van der Waals surface area contributed by atoms with Crippen LogP contribution in [0.15, 0.2) is 12.4 Å². The van der Waals surface area contributed by atoms with E-state index < -0.39 is 0 Å². The first kappa shape index (κ1) is 13.3. The molecular formula is C12H18N6O. The summed E-state index contributed by atoms with van der Waals surface area (Å²) in [4.78, 5) is 8.51. The average Bonchev–Trinajstić information content (AvgIpc) is 2.83. The first-order chi connectivity index (χ1) is 9.22. The number of nitrogens with zero attached hydrogens (tertiary/aromatic N) is 5. The zero-order valence-corrected chi connectivity index (χ0v) is 11.4. The van der Waals surface area contributed by atoms with Crippen molar-refractivity contribution in [3.8, 4) is 5.88 Å². The Kier molecular flexibility index (Phi) is 4.27. The van der Waals surface area contributed by atoms with Crippen LogP contribution in [0.2, 0.25) is 0 Å². The van der Waals surface area contributed by atoms with Gasteiger partial charge in [-0.05, 0) is 20.8 Å². The monoisotopic (exact) mass is 262 g/mol. The summed E-state index contributed by atoms with van der Waals surface area (Å²) >= 11 is 0. The number of aromatic nitrogens is 5. The summed E-state index contributed by atoms with van der Waals surface area (Å²) in [6.45, 7) is 7.80. The highest BCUT2D eigenvalue weighted by molar-refractivity contribution is 5.38. The smallest absolute Gasteiger partial charge is 0.218 e. The highest BCUT2D eigenvalue weighted by Gasteiger charge is 2.05. The number of anilines is 1. The molecule has 2 rings (SSSR count). The second-order valence-electron chi connectivity index (χ2n) is 3.96. The van der Waals surface area contributed by atoms with Crippen LogP contribution in [-0.2, 0) is 13.1 Å². The van der Waals surface area contributed by atoms with E-state index in [1.165, 1.54) is 0 Å². The van der Waals surface area contributed by atoms with Crippen LogP contribution in [-0.4, -0.2) is 31.3 Å². The number of rotatable bonds is 6. The largest absolute Gasteiger partial charge is 0.478 e. The van der Waals surface area contributed by atoms with Gasteiger partial charge in [-0.15, -0.1) is 10.2 Å². The van der Waals surface area contributed by atoms with E-state index in [2.05, 4.69) is 32.4 Å². The fourth-order valence-corrected chi connectivity index (χ4v) is 1.70. The molecule has 0 amide bonds. The molecule has 0 aromatic carbocycles. The maximum absolute atomic E-state index is 5.38. The van der Waals surface area contributed by atoms with Gasteiger partial charge in [0.25, 0.3) is 0 Å². The molecule has 0 aliphatic rings. The summed E-state index contributed by atoms with van der Waals surface area (Å²) < 4.78 is 7.36. The molecule has 0 saturated heterocycles. The molecule has 7 heteroatoms. The quantitative estimate of drug-likeness (QED) is 0.848. The third kappa shape index (κ3) is 3.40. The molecule has 7 nitrogen and oxygen atoms in total. The van der Waals surface area contributed by atoms with Crippen LogP contribution in [0.25, 0.3) is 0 Å². The molecule has 102 valence electrons. The number of hydrogen-bond donors (Lipinski definition) is 1. The van der Waals surface area contributed by atoms with Crippen LogP contribution >= 0.6 is 0 Å². The molecule has 0 aliphatic heterocycles. The lowest BCUT2D eigenvalue weighted by Gasteiger charge is -2.09. The fourth-order valence-electron chi connectivity index (χ4n) is 1.70. The Bertz CT molecular complexity index is 539. The second-order valence-corrected chi connectivity index (χ2v) is 3.96. The molecule has 19 heavy (non-hydrogen) atoms. The minimum atomic E-state index is 0.565. The van der Waals surface area contributed by atoms with Crippen molar-refractivity contribution in [1.82, 2.24) is 24.7 Å². The molecule has 0 saturated carbocycles. The molecule has 0 aliphatic carbocycles.